The van der Waals surface area contributed by atoms with E-state index in [1.807, 2.05) is 0 Å². The first-order valence-corrected chi connectivity index (χ1v) is 8.64. The van der Waals surface area contributed by atoms with E-state index in [4.69, 9.17) is 4.42 Å². The number of aryl methyl sites for hydroxylation is 1. The van der Waals surface area contributed by atoms with Crippen molar-refractivity contribution in [2.45, 2.75) is 11.4 Å². The van der Waals surface area contributed by atoms with Gasteiger partial charge in [-0.1, -0.05) is 0 Å². The molecule has 2 aromatic heterocycles. The van der Waals surface area contributed by atoms with E-state index in [2.05, 4.69) is 15.1 Å². The fourth-order valence-electron chi connectivity index (χ4n) is 2.22. The fraction of sp³-hybridized carbons (Fsp3) is 0.214. The van der Waals surface area contributed by atoms with Crippen LogP contribution < -0.4 is 15.8 Å². The number of aromatic nitrogens is 3. The lowest BCUT2D eigenvalue weighted by Gasteiger charge is -2.05. The number of carbonyl (C=O) groups excluding carboxylic acids is 1. The zero-order valence-corrected chi connectivity index (χ0v) is 14.2. The van der Waals surface area contributed by atoms with Crippen molar-refractivity contribution in [1.82, 2.24) is 19.7 Å². The average Bonchev–Trinajstić information content (AvgIpc) is 3.11. The van der Waals surface area contributed by atoms with Gasteiger partial charge in [0.05, 0.1) is 22.3 Å². The van der Waals surface area contributed by atoms with Crippen LogP contribution in [0.3, 0.4) is 0 Å². The molecule has 2 heterocycles. The SMILES string of the molecule is CNC(=O)Cn1cc(NS(=O)(=O)c2ccc3c(c2)oc(=O)n3C)cn1. The number of likely N-dealkylation sites (N-methyl/N-ethyl adjacent to an activating group) is 1. The summed E-state index contributed by atoms with van der Waals surface area (Å²) >= 11 is 0. The van der Waals surface area contributed by atoms with E-state index >= 15 is 0 Å². The highest BCUT2D eigenvalue weighted by molar-refractivity contribution is 7.92. The fourth-order valence-corrected chi connectivity index (χ4v) is 3.27. The van der Waals surface area contributed by atoms with Gasteiger partial charge in [0.25, 0.3) is 10.0 Å². The molecule has 0 atom stereocenters. The Balaban J connectivity index is 1.87. The molecule has 0 aliphatic heterocycles. The second-order valence-corrected chi connectivity index (χ2v) is 6.94. The maximum absolute atomic E-state index is 12.5. The number of amides is 1. The van der Waals surface area contributed by atoms with Crippen LogP contribution in [-0.4, -0.2) is 35.7 Å². The van der Waals surface area contributed by atoms with Gasteiger partial charge in [-0.15, -0.1) is 0 Å². The Labute approximate surface area is 142 Å². The first-order valence-electron chi connectivity index (χ1n) is 7.15. The summed E-state index contributed by atoms with van der Waals surface area (Å²) in [6, 6.07) is 4.13. The van der Waals surface area contributed by atoms with Gasteiger partial charge in [0.1, 0.15) is 6.54 Å². The lowest BCUT2D eigenvalue weighted by Crippen LogP contribution is -2.23. The number of benzene rings is 1. The molecule has 132 valence electrons. The highest BCUT2D eigenvalue weighted by atomic mass is 32.2. The molecule has 0 unspecified atom stereocenters. The third-order valence-electron chi connectivity index (χ3n) is 3.54. The van der Waals surface area contributed by atoms with Gasteiger partial charge >= 0.3 is 5.76 Å². The van der Waals surface area contributed by atoms with Gasteiger partial charge in [0.15, 0.2) is 5.58 Å². The second kappa shape index (κ2) is 6.09. The average molecular weight is 365 g/mol. The number of sulfonamides is 1. The molecule has 1 aromatic carbocycles. The van der Waals surface area contributed by atoms with E-state index < -0.39 is 15.8 Å². The molecular formula is C14H15N5O5S. The zero-order chi connectivity index (χ0) is 18.2. The highest BCUT2D eigenvalue weighted by Gasteiger charge is 2.18. The van der Waals surface area contributed by atoms with Crippen molar-refractivity contribution in [3.63, 3.8) is 0 Å². The Morgan fingerprint density at radius 1 is 1.36 bits per heavy atom. The van der Waals surface area contributed by atoms with Crippen molar-refractivity contribution in [3.8, 4) is 0 Å². The third kappa shape index (κ3) is 3.26. The third-order valence-corrected chi connectivity index (χ3v) is 4.92. The molecular weight excluding hydrogens is 350 g/mol. The van der Waals surface area contributed by atoms with E-state index in [0.717, 1.165) is 0 Å². The van der Waals surface area contributed by atoms with Crippen LogP contribution in [-0.2, 0) is 28.4 Å². The minimum Gasteiger partial charge on any atom is -0.408 e. The van der Waals surface area contributed by atoms with Crippen molar-refractivity contribution >= 4 is 32.7 Å². The van der Waals surface area contributed by atoms with Gasteiger partial charge < -0.3 is 9.73 Å². The van der Waals surface area contributed by atoms with Crippen LogP contribution in [0.15, 0.2) is 44.7 Å². The number of oxazole rings is 1. The van der Waals surface area contributed by atoms with Crippen molar-refractivity contribution in [1.29, 1.82) is 0 Å². The number of nitrogens with zero attached hydrogens (tertiary/aromatic N) is 3. The maximum atomic E-state index is 12.5. The van der Waals surface area contributed by atoms with Crippen LogP contribution >= 0.6 is 0 Å². The number of fused-ring (bicyclic) bond motifs is 1. The van der Waals surface area contributed by atoms with Crippen LogP contribution in [0, 0.1) is 0 Å². The van der Waals surface area contributed by atoms with Crippen molar-refractivity contribution in [2.75, 3.05) is 11.8 Å². The molecule has 10 nitrogen and oxygen atoms in total. The molecule has 0 saturated heterocycles. The van der Waals surface area contributed by atoms with Gasteiger partial charge in [-0.2, -0.15) is 5.10 Å². The number of anilines is 1. The number of nitrogens with one attached hydrogen (secondary N) is 2. The monoisotopic (exact) mass is 365 g/mol. The molecule has 25 heavy (non-hydrogen) atoms. The molecule has 0 bridgehead atoms. The lowest BCUT2D eigenvalue weighted by atomic mass is 10.3. The summed E-state index contributed by atoms with van der Waals surface area (Å²) < 4.78 is 34.9. The smallest absolute Gasteiger partial charge is 0.408 e. The molecule has 0 saturated carbocycles. The van der Waals surface area contributed by atoms with Crippen LogP contribution in [0.5, 0.6) is 0 Å². The van der Waals surface area contributed by atoms with E-state index in [1.165, 1.54) is 53.9 Å². The van der Waals surface area contributed by atoms with E-state index in [9.17, 15) is 18.0 Å². The summed E-state index contributed by atoms with van der Waals surface area (Å²) in [7, 11) is -0.881. The predicted molar refractivity (Wildman–Crippen MR) is 88.6 cm³/mol. The summed E-state index contributed by atoms with van der Waals surface area (Å²) in [4.78, 5) is 22.7. The van der Waals surface area contributed by atoms with Gasteiger partial charge in [0.2, 0.25) is 5.91 Å². The van der Waals surface area contributed by atoms with Crippen LogP contribution in [0.25, 0.3) is 11.1 Å². The Hall–Kier alpha value is -3.08. The summed E-state index contributed by atoms with van der Waals surface area (Å²) in [6.45, 7) is -0.0284. The van der Waals surface area contributed by atoms with Gasteiger partial charge in [-0.25, -0.2) is 13.2 Å². The summed E-state index contributed by atoms with van der Waals surface area (Å²) in [5.74, 6) is -0.838. The molecule has 0 radical (unpaired) electrons. The number of hydrogen-bond acceptors (Lipinski definition) is 6. The van der Waals surface area contributed by atoms with E-state index in [1.54, 1.807) is 0 Å². The summed E-state index contributed by atoms with van der Waals surface area (Å²) in [5.41, 5.74) is 0.867. The summed E-state index contributed by atoms with van der Waals surface area (Å²) in [5, 5.41) is 6.36. The highest BCUT2D eigenvalue weighted by Crippen LogP contribution is 2.20. The number of hydrogen-bond donors (Lipinski definition) is 2. The van der Waals surface area contributed by atoms with Crippen molar-refractivity contribution in [3.05, 3.63) is 41.1 Å². The van der Waals surface area contributed by atoms with Crippen molar-refractivity contribution < 1.29 is 17.6 Å². The van der Waals surface area contributed by atoms with Crippen molar-refractivity contribution in [2.24, 2.45) is 7.05 Å². The second-order valence-electron chi connectivity index (χ2n) is 5.26. The Kier molecular flexibility index (Phi) is 4.08. The van der Waals surface area contributed by atoms with Crippen LogP contribution in [0.2, 0.25) is 0 Å². The molecule has 0 aliphatic carbocycles. The molecule has 3 rings (SSSR count). The minimum atomic E-state index is -3.90. The van der Waals surface area contributed by atoms with Crippen LogP contribution in [0.1, 0.15) is 0 Å². The molecule has 2 N–H and O–H groups in total. The predicted octanol–water partition coefficient (Wildman–Crippen LogP) is -0.125. The molecule has 0 aliphatic rings. The lowest BCUT2D eigenvalue weighted by molar-refractivity contribution is -0.121. The Morgan fingerprint density at radius 2 is 2.12 bits per heavy atom. The minimum absolute atomic E-state index is 0.0284. The molecule has 3 aromatic rings. The Bertz CT molecular complexity index is 1110. The molecule has 11 heteroatoms. The maximum Gasteiger partial charge on any atom is 0.419 e. The quantitative estimate of drug-likeness (QED) is 0.648. The zero-order valence-electron chi connectivity index (χ0n) is 13.4. The summed E-state index contributed by atoms with van der Waals surface area (Å²) in [6.07, 6.45) is 2.69. The first-order chi connectivity index (χ1) is 11.8. The van der Waals surface area contributed by atoms with Gasteiger partial charge in [-0.3, -0.25) is 18.8 Å². The van der Waals surface area contributed by atoms with Crippen LogP contribution in [0.4, 0.5) is 5.69 Å². The molecule has 1 amide bonds. The van der Waals surface area contributed by atoms with E-state index in [-0.39, 0.29) is 28.6 Å². The van der Waals surface area contributed by atoms with Gasteiger partial charge in [0, 0.05) is 26.4 Å². The number of carbonyl (C=O) groups is 1. The topological polar surface area (TPSA) is 128 Å². The first kappa shape index (κ1) is 16.8. The molecule has 0 fully saturated rings. The largest absolute Gasteiger partial charge is 0.419 e. The standard InChI is InChI=1S/C14H15N5O5S/c1-15-13(20)8-19-7-9(6-16-19)17-25(22,23)10-3-4-11-12(5-10)24-14(21)18(11)2/h3-7,17H,8H2,1-2H3,(H,15,20). The molecule has 0 spiro atoms. The number of rotatable bonds is 5. The Morgan fingerprint density at radius 3 is 2.84 bits per heavy atom. The normalized spacial score (nSPS) is 11.6. The van der Waals surface area contributed by atoms with E-state index in [0.29, 0.717) is 5.52 Å². The van der Waals surface area contributed by atoms with Gasteiger partial charge in [-0.05, 0) is 12.1 Å².